The predicted octanol–water partition coefficient (Wildman–Crippen LogP) is 7.12. The molecular formula is C31H33F6N3O4. The van der Waals surface area contributed by atoms with Crippen molar-refractivity contribution in [2.75, 3.05) is 31.7 Å². The number of pyridine rings is 1. The molecule has 7 nitrogen and oxygen atoms in total. The molecule has 3 atom stereocenters. The lowest BCUT2D eigenvalue weighted by Gasteiger charge is -2.33. The first-order valence-electron chi connectivity index (χ1n) is 14.4. The molecule has 0 saturated carbocycles. The number of amides is 1. The van der Waals surface area contributed by atoms with Crippen molar-refractivity contribution in [1.29, 1.82) is 0 Å². The van der Waals surface area contributed by atoms with E-state index in [2.05, 4.69) is 4.90 Å². The van der Waals surface area contributed by atoms with Crippen LogP contribution in [0.3, 0.4) is 0 Å². The number of benzene rings is 1. The van der Waals surface area contributed by atoms with Gasteiger partial charge in [0.1, 0.15) is 17.7 Å². The van der Waals surface area contributed by atoms with Crippen LogP contribution in [0.25, 0.3) is 5.57 Å². The minimum atomic E-state index is -5.03. The molecule has 5 rings (SSSR count). The van der Waals surface area contributed by atoms with Gasteiger partial charge in [-0.25, -0.2) is 9.78 Å². The first-order valence-corrected chi connectivity index (χ1v) is 14.4. The van der Waals surface area contributed by atoms with Gasteiger partial charge in [0.25, 0.3) is 0 Å². The fourth-order valence-corrected chi connectivity index (χ4v) is 5.77. The van der Waals surface area contributed by atoms with Gasteiger partial charge in [0.05, 0.1) is 36.5 Å². The van der Waals surface area contributed by atoms with Crippen molar-refractivity contribution in [1.82, 2.24) is 9.88 Å². The Balaban J connectivity index is 1.51. The minimum absolute atomic E-state index is 0.0484. The summed E-state index contributed by atoms with van der Waals surface area (Å²) in [5.41, 5.74) is -1.44. The van der Waals surface area contributed by atoms with Gasteiger partial charge in [-0.15, -0.1) is 0 Å². The number of hydrogen-bond donors (Lipinski definition) is 1. The molecule has 0 radical (unpaired) electrons. The second-order valence-electron chi connectivity index (χ2n) is 11.2. The van der Waals surface area contributed by atoms with Gasteiger partial charge < -0.3 is 19.5 Å². The Morgan fingerprint density at radius 1 is 1.07 bits per heavy atom. The second kappa shape index (κ2) is 12.3. The van der Waals surface area contributed by atoms with E-state index in [1.165, 1.54) is 11.8 Å². The summed E-state index contributed by atoms with van der Waals surface area (Å²) < 4.78 is 92.4. The highest BCUT2D eigenvalue weighted by Gasteiger charge is 2.43. The third kappa shape index (κ3) is 6.52. The average molecular weight is 626 g/mol. The summed E-state index contributed by atoms with van der Waals surface area (Å²) in [5, 5.41) is 9.32. The number of methoxy groups -OCH3 is 1. The fourth-order valence-electron chi connectivity index (χ4n) is 5.77. The number of ether oxygens (including phenoxy) is 2. The van der Waals surface area contributed by atoms with Crippen LogP contribution in [0.5, 0.6) is 0 Å². The van der Waals surface area contributed by atoms with Crippen LogP contribution < -0.4 is 4.90 Å². The SMILES string of the molecule is COC1=CCC(CCCO)C=C1c1ccc(N2CCC2)nc1CN1C(=O)O[C@H](c2cc(C(F)(F)F)cc(C(F)(F)F)c2)[C@@H]1C. The number of rotatable bonds is 9. The Morgan fingerprint density at radius 3 is 2.32 bits per heavy atom. The Hall–Kier alpha value is -3.74. The van der Waals surface area contributed by atoms with Crippen molar-refractivity contribution in [3.8, 4) is 0 Å². The number of carbonyl (C=O) groups is 1. The zero-order chi connectivity index (χ0) is 31.8. The molecule has 0 spiro atoms. The van der Waals surface area contributed by atoms with Gasteiger partial charge in [-0.05, 0) is 80.5 Å². The second-order valence-corrected chi connectivity index (χ2v) is 11.2. The molecule has 2 aliphatic heterocycles. The average Bonchev–Trinajstić information content (AvgIpc) is 3.22. The maximum Gasteiger partial charge on any atom is 0.416 e. The van der Waals surface area contributed by atoms with Crippen LogP contribution in [0, 0.1) is 5.92 Å². The summed E-state index contributed by atoms with van der Waals surface area (Å²) in [6.07, 6.45) is -5.23. The molecule has 3 heterocycles. The summed E-state index contributed by atoms with van der Waals surface area (Å²) in [5.74, 6) is 1.43. The van der Waals surface area contributed by atoms with Crippen molar-refractivity contribution >= 4 is 17.5 Å². The van der Waals surface area contributed by atoms with E-state index in [-0.39, 0.29) is 25.1 Å². The number of allylic oxidation sites excluding steroid dienone is 3. The van der Waals surface area contributed by atoms with E-state index >= 15 is 0 Å². The molecule has 1 unspecified atom stereocenters. The first-order chi connectivity index (χ1) is 20.8. The number of cyclic esters (lactones) is 1. The molecule has 1 aliphatic carbocycles. The molecule has 13 heteroatoms. The van der Waals surface area contributed by atoms with E-state index in [1.54, 1.807) is 7.11 Å². The normalized spacial score (nSPS) is 22.4. The number of alkyl halides is 6. The third-order valence-electron chi connectivity index (χ3n) is 8.31. The van der Waals surface area contributed by atoms with Gasteiger partial charge in [0, 0.05) is 30.8 Å². The summed E-state index contributed by atoms with van der Waals surface area (Å²) in [4.78, 5) is 21.3. The van der Waals surface area contributed by atoms with Gasteiger partial charge in [-0.1, -0.05) is 6.08 Å². The predicted molar refractivity (Wildman–Crippen MR) is 149 cm³/mol. The van der Waals surface area contributed by atoms with E-state index in [1.807, 2.05) is 24.3 Å². The highest BCUT2D eigenvalue weighted by Crippen LogP contribution is 2.42. The summed E-state index contributed by atoms with van der Waals surface area (Å²) >= 11 is 0. The Labute approximate surface area is 250 Å². The number of carbonyl (C=O) groups excluding carboxylic acids is 1. The van der Waals surface area contributed by atoms with E-state index in [0.717, 1.165) is 37.9 Å². The molecule has 238 valence electrons. The number of aliphatic hydroxyl groups excluding tert-OH is 1. The molecule has 2 fully saturated rings. The number of aliphatic hydroxyl groups is 1. The molecule has 44 heavy (non-hydrogen) atoms. The molecule has 1 amide bonds. The van der Waals surface area contributed by atoms with Gasteiger partial charge in [-0.2, -0.15) is 26.3 Å². The zero-order valence-electron chi connectivity index (χ0n) is 24.2. The topological polar surface area (TPSA) is 75.1 Å². The van der Waals surface area contributed by atoms with E-state index in [4.69, 9.17) is 14.5 Å². The summed E-state index contributed by atoms with van der Waals surface area (Å²) in [7, 11) is 1.55. The largest absolute Gasteiger partial charge is 0.496 e. The smallest absolute Gasteiger partial charge is 0.416 e. The van der Waals surface area contributed by atoms with Gasteiger partial charge in [-0.3, -0.25) is 4.90 Å². The molecule has 0 bridgehead atoms. The molecular weight excluding hydrogens is 592 g/mol. The van der Waals surface area contributed by atoms with Crippen LogP contribution in [0.1, 0.15) is 66.7 Å². The standard InChI is InChI=1S/C31H33F6N3O4/c1-18-28(20-14-21(30(32,33)34)16-22(15-20)31(35,36)37)44-29(42)40(18)17-25-23(7-9-27(38-25)39-10-4-11-39)24-13-19(5-3-12-41)6-8-26(24)43-2/h7-9,13-16,18-19,28,41H,3-6,10-12,17H2,1-2H3/t18-,19?,28-/m0/s1. The summed E-state index contributed by atoms with van der Waals surface area (Å²) in [6, 6.07) is 4.08. The van der Waals surface area contributed by atoms with Crippen LogP contribution in [-0.4, -0.2) is 53.9 Å². The van der Waals surface area contributed by atoms with Gasteiger partial charge in [0.15, 0.2) is 0 Å². The van der Waals surface area contributed by atoms with Gasteiger partial charge >= 0.3 is 18.4 Å². The number of halogens is 6. The molecule has 2 aromatic rings. The van der Waals surface area contributed by atoms with Crippen molar-refractivity contribution in [2.24, 2.45) is 5.92 Å². The van der Waals surface area contributed by atoms with Gasteiger partial charge in [0.2, 0.25) is 0 Å². The Morgan fingerprint density at radius 2 is 1.75 bits per heavy atom. The van der Waals surface area contributed by atoms with Crippen LogP contribution in [0.15, 0.2) is 48.2 Å². The van der Waals surface area contributed by atoms with Crippen LogP contribution >= 0.6 is 0 Å². The van der Waals surface area contributed by atoms with Crippen LogP contribution in [0.2, 0.25) is 0 Å². The maximum atomic E-state index is 13.5. The van der Waals surface area contributed by atoms with E-state index < -0.39 is 47.3 Å². The lowest BCUT2D eigenvalue weighted by Crippen LogP contribution is -2.38. The molecule has 1 N–H and O–H groups in total. The monoisotopic (exact) mass is 625 g/mol. The van der Waals surface area contributed by atoms with Crippen molar-refractivity contribution in [2.45, 2.75) is 63.7 Å². The number of hydrogen-bond acceptors (Lipinski definition) is 6. The first kappa shape index (κ1) is 31.7. The van der Waals surface area contributed by atoms with E-state index in [9.17, 15) is 36.2 Å². The maximum absolute atomic E-state index is 13.5. The highest BCUT2D eigenvalue weighted by molar-refractivity contribution is 5.80. The molecule has 1 aromatic carbocycles. The number of aromatic nitrogens is 1. The fraction of sp³-hybridized carbons (Fsp3) is 0.484. The molecule has 3 aliphatic rings. The third-order valence-corrected chi connectivity index (χ3v) is 8.31. The Bertz CT molecular complexity index is 1420. The minimum Gasteiger partial charge on any atom is -0.496 e. The lowest BCUT2D eigenvalue weighted by atomic mass is 9.87. The van der Waals surface area contributed by atoms with Crippen molar-refractivity contribution in [3.63, 3.8) is 0 Å². The summed E-state index contributed by atoms with van der Waals surface area (Å²) in [6.45, 7) is 3.09. The van der Waals surface area contributed by atoms with E-state index in [0.29, 0.717) is 41.4 Å². The quantitative estimate of drug-likeness (QED) is 0.299. The number of nitrogens with zero attached hydrogens (tertiary/aromatic N) is 3. The Kier molecular flexibility index (Phi) is 8.88. The van der Waals surface area contributed by atoms with Crippen molar-refractivity contribution in [3.05, 3.63) is 76.2 Å². The highest BCUT2D eigenvalue weighted by atomic mass is 19.4. The molecule has 1 aromatic heterocycles. The number of anilines is 1. The van der Waals surface area contributed by atoms with Crippen LogP contribution in [0.4, 0.5) is 37.0 Å². The van der Waals surface area contributed by atoms with Crippen molar-refractivity contribution < 1.29 is 45.7 Å². The molecule has 2 saturated heterocycles. The zero-order valence-corrected chi connectivity index (χ0v) is 24.2. The lowest BCUT2D eigenvalue weighted by molar-refractivity contribution is -0.143. The van der Waals surface area contributed by atoms with Crippen LogP contribution in [-0.2, 0) is 28.4 Å².